The minimum Gasteiger partial charge on any atom is -0.342 e. The third-order valence-corrected chi connectivity index (χ3v) is 5.62. The highest BCUT2D eigenvalue weighted by Crippen LogP contribution is 2.33. The van der Waals surface area contributed by atoms with Gasteiger partial charge in [-0.05, 0) is 57.2 Å². The SMILES string of the molecule is CCN(CC)CC1CCN(C(=O)[C@@H]2CCC[C@@H]2CN)CC1. The van der Waals surface area contributed by atoms with Crippen LogP contribution in [0, 0.1) is 17.8 Å². The van der Waals surface area contributed by atoms with Crippen molar-refractivity contribution in [2.45, 2.75) is 46.0 Å². The molecule has 2 N–H and O–H groups in total. The van der Waals surface area contributed by atoms with Gasteiger partial charge in [0.2, 0.25) is 5.91 Å². The van der Waals surface area contributed by atoms with Crippen molar-refractivity contribution in [3.05, 3.63) is 0 Å². The molecule has 0 radical (unpaired) electrons. The molecular formula is C17H33N3O. The molecule has 0 aromatic carbocycles. The Hall–Kier alpha value is -0.610. The molecule has 0 bridgehead atoms. The summed E-state index contributed by atoms with van der Waals surface area (Å²) in [5.74, 6) is 1.81. The van der Waals surface area contributed by atoms with E-state index in [0.29, 0.717) is 18.4 Å². The molecule has 0 unspecified atom stereocenters. The molecule has 1 saturated heterocycles. The molecule has 4 nitrogen and oxygen atoms in total. The fourth-order valence-corrected chi connectivity index (χ4v) is 4.06. The van der Waals surface area contributed by atoms with E-state index in [1.54, 1.807) is 0 Å². The molecule has 1 heterocycles. The fraction of sp³-hybridized carbons (Fsp3) is 0.941. The lowest BCUT2D eigenvalue weighted by Gasteiger charge is -2.36. The first-order valence-electron chi connectivity index (χ1n) is 8.90. The third-order valence-electron chi connectivity index (χ3n) is 5.62. The van der Waals surface area contributed by atoms with Crippen molar-refractivity contribution in [1.82, 2.24) is 9.80 Å². The maximum Gasteiger partial charge on any atom is 0.226 e. The van der Waals surface area contributed by atoms with E-state index in [9.17, 15) is 4.79 Å². The van der Waals surface area contributed by atoms with Gasteiger partial charge < -0.3 is 15.5 Å². The number of hydrogen-bond acceptors (Lipinski definition) is 3. The average molecular weight is 295 g/mol. The Morgan fingerprint density at radius 2 is 1.81 bits per heavy atom. The molecule has 122 valence electrons. The Morgan fingerprint density at radius 1 is 1.14 bits per heavy atom. The van der Waals surface area contributed by atoms with Crippen LogP contribution in [-0.4, -0.2) is 55.0 Å². The second-order valence-corrected chi connectivity index (χ2v) is 6.79. The Bertz CT molecular complexity index is 322. The van der Waals surface area contributed by atoms with Crippen LogP contribution in [0.1, 0.15) is 46.0 Å². The van der Waals surface area contributed by atoms with Crippen LogP contribution in [0.5, 0.6) is 0 Å². The number of nitrogens with two attached hydrogens (primary N) is 1. The molecule has 4 heteroatoms. The predicted octanol–water partition coefficient (Wildman–Crippen LogP) is 1.94. The summed E-state index contributed by atoms with van der Waals surface area (Å²) >= 11 is 0. The van der Waals surface area contributed by atoms with E-state index >= 15 is 0 Å². The topological polar surface area (TPSA) is 49.6 Å². The number of nitrogens with zero attached hydrogens (tertiary/aromatic N) is 2. The number of piperidine rings is 1. The van der Waals surface area contributed by atoms with Crippen molar-refractivity contribution in [3.63, 3.8) is 0 Å². The van der Waals surface area contributed by atoms with Gasteiger partial charge in [-0.25, -0.2) is 0 Å². The number of rotatable bonds is 6. The average Bonchev–Trinajstić information content (AvgIpc) is 3.01. The summed E-state index contributed by atoms with van der Waals surface area (Å²) in [7, 11) is 0. The molecule has 2 aliphatic rings. The molecule has 1 aliphatic carbocycles. The highest BCUT2D eigenvalue weighted by atomic mass is 16.2. The Labute approximate surface area is 130 Å². The van der Waals surface area contributed by atoms with Crippen LogP contribution < -0.4 is 5.73 Å². The smallest absolute Gasteiger partial charge is 0.226 e. The number of carbonyl (C=O) groups is 1. The molecule has 1 saturated carbocycles. The molecule has 21 heavy (non-hydrogen) atoms. The molecule has 2 fully saturated rings. The van der Waals surface area contributed by atoms with E-state index in [1.807, 2.05) is 0 Å². The van der Waals surface area contributed by atoms with Gasteiger partial charge in [0.25, 0.3) is 0 Å². The van der Waals surface area contributed by atoms with Gasteiger partial charge in [-0.15, -0.1) is 0 Å². The quantitative estimate of drug-likeness (QED) is 0.815. The second-order valence-electron chi connectivity index (χ2n) is 6.79. The molecule has 1 aliphatic heterocycles. The summed E-state index contributed by atoms with van der Waals surface area (Å²) in [5.41, 5.74) is 5.82. The summed E-state index contributed by atoms with van der Waals surface area (Å²) in [6, 6.07) is 0. The van der Waals surface area contributed by atoms with Crippen LogP contribution in [0.15, 0.2) is 0 Å². The van der Waals surface area contributed by atoms with Crippen LogP contribution in [0.25, 0.3) is 0 Å². The van der Waals surface area contributed by atoms with Gasteiger partial charge in [0.05, 0.1) is 0 Å². The maximum atomic E-state index is 12.7. The highest BCUT2D eigenvalue weighted by molar-refractivity contribution is 5.79. The minimum atomic E-state index is 0.217. The van der Waals surface area contributed by atoms with Gasteiger partial charge in [-0.1, -0.05) is 20.3 Å². The number of hydrogen-bond donors (Lipinski definition) is 1. The van der Waals surface area contributed by atoms with E-state index in [2.05, 4.69) is 23.6 Å². The van der Waals surface area contributed by atoms with Gasteiger partial charge in [-0.3, -0.25) is 4.79 Å². The van der Waals surface area contributed by atoms with Crippen molar-refractivity contribution in [2.75, 3.05) is 39.3 Å². The van der Waals surface area contributed by atoms with Gasteiger partial charge in [0, 0.05) is 25.6 Å². The lowest BCUT2D eigenvalue weighted by Crippen LogP contribution is -2.45. The largest absolute Gasteiger partial charge is 0.342 e. The van der Waals surface area contributed by atoms with Gasteiger partial charge in [0.15, 0.2) is 0 Å². The highest BCUT2D eigenvalue weighted by Gasteiger charge is 2.35. The first-order chi connectivity index (χ1) is 10.2. The second kappa shape index (κ2) is 8.14. The number of carbonyl (C=O) groups excluding carboxylic acids is 1. The Kier molecular flexibility index (Phi) is 6.49. The Balaban J connectivity index is 1.79. The molecule has 2 rings (SSSR count). The van der Waals surface area contributed by atoms with Gasteiger partial charge >= 0.3 is 0 Å². The first kappa shape index (κ1) is 16.8. The van der Waals surface area contributed by atoms with Crippen LogP contribution in [0.2, 0.25) is 0 Å². The zero-order valence-electron chi connectivity index (χ0n) is 13.9. The minimum absolute atomic E-state index is 0.217. The first-order valence-corrected chi connectivity index (χ1v) is 8.90. The molecule has 0 aromatic heterocycles. The molecular weight excluding hydrogens is 262 g/mol. The molecule has 0 aromatic rings. The predicted molar refractivity (Wildman–Crippen MR) is 87.0 cm³/mol. The normalized spacial score (nSPS) is 27.5. The van der Waals surface area contributed by atoms with Crippen LogP contribution in [-0.2, 0) is 4.79 Å². The number of likely N-dealkylation sites (tertiary alicyclic amines) is 1. The van der Waals surface area contributed by atoms with E-state index in [-0.39, 0.29) is 5.92 Å². The van der Waals surface area contributed by atoms with Crippen LogP contribution in [0.4, 0.5) is 0 Å². The van der Waals surface area contributed by atoms with E-state index in [0.717, 1.165) is 44.9 Å². The van der Waals surface area contributed by atoms with Gasteiger partial charge in [-0.2, -0.15) is 0 Å². The fourth-order valence-electron chi connectivity index (χ4n) is 4.06. The van der Waals surface area contributed by atoms with Crippen molar-refractivity contribution in [2.24, 2.45) is 23.5 Å². The monoisotopic (exact) mass is 295 g/mol. The van der Waals surface area contributed by atoms with E-state index in [1.165, 1.54) is 25.8 Å². The van der Waals surface area contributed by atoms with E-state index in [4.69, 9.17) is 5.73 Å². The van der Waals surface area contributed by atoms with E-state index < -0.39 is 0 Å². The third kappa shape index (κ3) is 4.19. The summed E-state index contributed by atoms with van der Waals surface area (Å²) in [5, 5.41) is 0. The van der Waals surface area contributed by atoms with Crippen molar-refractivity contribution in [3.8, 4) is 0 Å². The summed E-state index contributed by atoms with van der Waals surface area (Å²) < 4.78 is 0. The zero-order chi connectivity index (χ0) is 15.2. The molecule has 0 spiro atoms. The summed E-state index contributed by atoms with van der Waals surface area (Å²) in [6.07, 6.45) is 5.71. The molecule has 1 amide bonds. The van der Waals surface area contributed by atoms with Gasteiger partial charge in [0.1, 0.15) is 0 Å². The maximum absolute atomic E-state index is 12.7. The van der Waals surface area contributed by atoms with Crippen molar-refractivity contribution < 1.29 is 4.79 Å². The lowest BCUT2D eigenvalue weighted by atomic mass is 9.91. The van der Waals surface area contributed by atoms with Crippen LogP contribution in [0.3, 0.4) is 0 Å². The lowest BCUT2D eigenvalue weighted by molar-refractivity contribution is -0.138. The standard InChI is InChI=1S/C17H33N3O/c1-3-19(4-2)13-14-8-10-20(11-9-14)17(21)16-7-5-6-15(16)12-18/h14-16H,3-13,18H2,1-2H3/t15-,16-/m1/s1. The summed E-state index contributed by atoms with van der Waals surface area (Å²) in [4.78, 5) is 17.3. The zero-order valence-corrected chi connectivity index (χ0v) is 13.9. The van der Waals surface area contributed by atoms with Crippen molar-refractivity contribution in [1.29, 1.82) is 0 Å². The summed E-state index contributed by atoms with van der Waals surface area (Å²) in [6.45, 7) is 10.5. The van der Waals surface area contributed by atoms with Crippen molar-refractivity contribution >= 4 is 5.91 Å². The number of amides is 1. The molecule has 2 atom stereocenters. The Morgan fingerprint density at radius 3 is 2.38 bits per heavy atom. The van der Waals surface area contributed by atoms with Crippen LogP contribution >= 0.6 is 0 Å².